The van der Waals surface area contributed by atoms with Crippen molar-refractivity contribution < 1.29 is 28.7 Å². The molecule has 300 valence electrons. The number of rotatable bonds is 7. The van der Waals surface area contributed by atoms with Crippen LogP contribution in [0.3, 0.4) is 0 Å². The fourth-order valence-electron chi connectivity index (χ4n) is 10.0. The van der Waals surface area contributed by atoms with Crippen molar-refractivity contribution in [1.29, 1.82) is 5.26 Å². The first-order valence-electron chi connectivity index (χ1n) is 20.4. The number of carbonyl (C=O) groups is 5. The molecule has 0 bridgehead atoms. The first-order chi connectivity index (χ1) is 28.0. The number of likely N-dealkylation sites (tertiary alicyclic amines) is 2. The molecule has 2 atom stereocenters. The lowest BCUT2D eigenvalue weighted by Gasteiger charge is -2.46. The third kappa shape index (κ3) is 6.96. The van der Waals surface area contributed by atoms with Gasteiger partial charge >= 0.3 is 0 Å². The van der Waals surface area contributed by atoms with Gasteiger partial charge in [-0.1, -0.05) is 11.6 Å². The molecule has 0 saturated carbocycles. The van der Waals surface area contributed by atoms with Crippen molar-refractivity contribution in [3.8, 4) is 11.8 Å². The maximum absolute atomic E-state index is 13.5. The molecular weight excluding hydrogens is 758 g/mol. The maximum atomic E-state index is 13.5. The minimum absolute atomic E-state index is 0.0648. The topological polar surface area (TPSA) is 147 Å². The number of nitrogens with zero attached hydrogens (tertiary/aromatic N) is 6. The number of hydrogen-bond acceptors (Lipinski definition) is 10. The van der Waals surface area contributed by atoms with Gasteiger partial charge in [0.05, 0.1) is 21.7 Å². The van der Waals surface area contributed by atoms with E-state index in [0.29, 0.717) is 47.1 Å². The van der Waals surface area contributed by atoms with Gasteiger partial charge in [0.2, 0.25) is 11.8 Å². The van der Waals surface area contributed by atoms with Crippen molar-refractivity contribution in [2.45, 2.75) is 76.1 Å². The van der Waals surface area contributed by atoms with Crippen LogP contribution >= 0.6 is 11.6 Å². The number of nitrogens with one attached hydrogen (secondary N) is 1. The van der Waals surface area contributed by atoms with Gasteiger partial charge in [0.25, 0.3) is 17.7 Å². The molecule has 5 saturated heterocycles. The summed E-state index contributed by atoms with van der Waals surface area (Å²) in [5, 5.41) is 12.0. The molecule has 5 amide bonds. The Balaban J connectivity index is 0.722. The zero-order chi connectivity index (χ0) is 40.3. The van der Waals surface area contributed by atoms with E-state index in [4.69, 9.17) is 16.3 Å². The quantitative estimate of drug-likeness (QED) is 0.329. The van der Waals surface area contributed by atoms with Gasteiger partial charge in [0.15, 0.2) is 0 Å². The van der Waals surface area contributed by atoms with Gasteiger partial charge in [-0.3, -0.25) is 39.1 Å². The molecule has 5 fully saturated rings. The fraction of sp³-hybridized carbons (Fsp3) is 0.455. The van der Waals surface area contributed by atoms with Crippen molar-refractivity contribution in [3.63, 3.8) is 0 Å². The normalized spacial score (nSPS) is 23.9. The monoisotopic (exact) mass is 803 g/mol. The molecule has 6 aliphatic rings. The first-order valence-corrected chi connectivity index (χ1v) is 20.7. The van der Waals surface area contributed by atoms with E-state index >= 15 is 0 Å². The number of carbonyl (C=O) groups excluding carboxylic acids is 5. The van der Waals surface area contributed by atoms with E-state index in [1.807, 2.05) is 35.2 Å². The first kappa shape index (κ1) is 38.1. The molecule has 6 heterocycles. The van der Waals surface area contributed by atoms with Gasteiger partial charge in [-0.05, 0) is 112 Å². The van der Waals surface area contributed by atoms with Crippen molar-refractivity contribution >= 4 is 52.5 Å². The van der Waals surface area contributed by atoms with Crippen LogP contribution in [0, 0.1) is 16.7 Å². The van der Waals surface area contributed by atoms with Crippen LogP contribution < -0.4 is 19.9 Å². The van der Waals surface area contributed by atoms with E-state index < -0.39 is 29.7 Å². The smallest absolute Gasteiger partial charge is 0.262 e. The molecule has 13 nitrogen and oxygen atoms in total. The van der Waals surface area contributed by atoms with Gasteiger partial charge in [0, 0.05) is 81.3 Å². The standard InChI is InChI=1S/C44H46ClN7O6/c1-27-22-44(26-51(27)32-7-4-29(23-46)37(45)20-32)14-18-48(19-15-44)30-5-2-28(3-6-30)41(55)49-16-12-31(13-17-49)50-24-34(25-50)58-33-8-9-35-36(21-33)43(57)52(42(35)56)38-10-11-39(53)47-40(38)54/h2-9,20-21,27,31,34,38H,10-19,22,24-26H2,1H3,(H,47,53,54)/t27-,38?/m0/s1. The van der Waals surface area contributed by atoms with E-state index in [0.717, 1.165) is 81.1 Å². The second-order valence-corrected chi connectivity index (χ2v) is 17.3. The summed E-state index contributed by atoms with van der Waals surface area (Å²) < 4.78 is 6.20. The van der Waals surface area contributed by atoms with Crippen molar-refractivity contribution in [2.24, 2.45) is 5.41 Å². The largest absolute Gasteiger partial charge is 0.488 e. The lowest BCUT2D eigenvalue weighted by molar-refractivity contribution is -0.136. The number of nitriles is 1. The molecule has 6 aliphatic heterocycles. The summed E-state index contributed by atoms with van der Waals surface area (Å²) in [6.07, 6.45) is 5.21. The number of ether oxygens (including phenoxy) is 1. The van der Waals surface area contributed by atoms with Crippen molar-refractivity contribution in [3.05, 3.63) is 87.9 Å². The Morgan fingerprint density at radius 3 is 2.28 bits per heavy atom. The second kappa shape index (κ2) is 15.1. The summed E-state index contributed by atoms with van der Waals surface area (Å²) in [5.41, 5.74) is 4.12. The highest BCUT2D eigenvalue weighted by molar-refractivity contribution is 6.32. The SMILES string of the molecule is C[C@H]1CC2(CCN(c3ccc(C(=O)N4CCC(N5CC(Oc6ccc7c(c6)C(=O)N(C6CCC(=O)NC6=O)C7=O)C5)CC4)cc3)CC2)CN1c1ccc(C#N)c(Cl)c1. The highest BCUT2D eigenvalue weighted by Gasteiger charge is 2.46. The second-order valence-electron chi connectivity index (χ2n) is 16.9. The fourth-order valence-corrected chi connectivity index (χ4v) is 10.2. The lowest BCUT2D eigenvalue weighted by Crippen LogP contribution is -2.60. The summed E-state index contributed by atoms with van der Waals surface area (Å²) in [6, 6.07) is 20.6. The third-order valence-electron chi connectivity index (χ3n) is 13.3. The predicted octanol–water partition coefficient (Wildman–Crippen LogP) is 4.87. The highest BCUT2D eigenvalue weighted by Crippen LogP contribution is 2.46. The number of hydrogen-bond donors (Lipinski definition) is 1. The molecule has 14 heteroatoms. The Kier molecular flexibility index (Phi) is 9.88. The third-order valence-corrected chi connectivity index (χ3v) is 13.6. The summed E-state index contributed by atoms with van der Waals surface area (Å²) in [7, 11) is 0. The summed E-state index contributed by atoms with van der Waals surface area (Å²) in [6.45, 7) is 8.04. The average molecular weight is 804 g/mol. The number of imide groups is 2. The van der Waals surface area contributed by atoms with Crippen molar-refractivity contribution in [1.82, 2.24) is 20.0 Å². The van der Waals surface area contributed by atoms with Gasteiger partial charge in [-0.15, -0.1) is 0 Å². The number of piperidine rings is 3. The number of anilines is 2. The predicted molar refractivity (Wildman–Crippen MR) is 216 cm³/mol. The maximum Gasteiger partial charge on any atom is 0.262 e. The van der Waals surface area contributed by atoms with E-state index in [1.165, 1.54) is 0 Å². The minimum Gasteiger partial charge on any atom is -0.488 e. The number of benzene rings is 3. The Morgan fingerprint density at radius 2 is 1.59 bits per heavy atom. The zero-order valence-corrected chi connectivity index (χ0v) is 33.2. The highest BCUT2D eigenvalue weighted by atomic mass is 35.5. The molecule has 9 rings (SSSR count). The Hall–Kier alpha value is -5.45. The van der Waals surface area contributed by atoms with Crippen molar-refractivity contribution in [2.75, 3.05) is 55.6 Å². The molecule has 58 heavy (non-hydrogen) atoms. The van der Waals surface area contributed by atoms with Crippen LogP contribution in [0.4, 0.5) is 11.4 Å². The average Bonchev–Trinajstić information content (AvgIpc) is 3.66. The van der Waals surface area contributed by atoms with E-state index in [-0.39, 0.29) is 41.4 Å². The van der Waals surface area contributed by atoms with Gasteiger partial charge < -0.3 is 19.4 Å². The lowest BCUT2D eigenvalue weighted by atomic mass is 9.76. The minimum atomic E-state index is -1.01. The van der Waals surface area contributed by atoms with Gasteiger partial charge in [0.1, 0.15) is 24.0 Å². The van der Waals surface area contributed by atoms with E-state index in [9.17, 15) is 29.2 Å². The molecule has 0 radical (unpaired) electrons. The molecule has 1 spiro atoms. The number of amides is 5. The van der Waals surface area contributed by atoms with E-state index in [2.05, 4.69) is 45.1 Å². The molecule has 0 aromatic heterocycles. The molecular formula is C44H46ClN7O6. The van der Waals surface area contributed by atoms with Crippen LogP contribution in [-0.2, 0) is 9.59 Å². The summed E-state index contributed by atoms with van der Waals surface area (Å²) in [4.78, 5) is 73.9. The Labute approximate surface area is 342 Å². The van der Waals surface area contributed by atoms with Crippen LogP contribution in [0.25, 0.3) is 0 Å². The Morgan fingerprint density at radius 1 is 0.879 bits per heavy atom. The van der Waals surface area contributed by atoms with Crippen LogP contribution in [-0.4, -0.2) is 114 Å². The van der Waals surface area contributed by atoms with Gasteiger partial charge in [-0.2, -0.15) is 5.26 Å². The van der Waals surface area contributed by atoms with Gasteiger partial charge in [-0.25, -0.2) is 0 Å². The summed E-state index contributed by atoms with van der Waals surface area (Å²) >= 11 is 6.37. The van der Waals surface area contributed by atoms with E-state index in [1.54, 1.807) is 18.2 Å². The molecule has 1 N–H and O–H groups in total. The zero-order valence-electron chi connectivity index (χ0n) is 32.5. The number of fused-ring (bicyclic) bond motifs is 1. The van der Waals surface area contributed by atoms with Crippen LogP contribution in [0.2, 0.25) is 5.02 Å². The van der Waals surface area contributed by atoms with Crippen LogP contribution in [0.5, 0.6) is 5.75 Å². The molecule has 3 aromatic carbocycles. The van der Waals surface area contributed by atoms with Crippen LogP contribution in [0.15, 0.2) is 60.7 Å². The Bertz CT molecular complexity index is 2220. The van der Waals surface area contributed by atoms with Crippen LogP contribution in [0.1, 0.15) is 88.5 Å². The molecule has 0 aliphatic carbocycles. The molecule has 1 unspecified atom stereocenters. The number of halogens is 1. The molecule has 3 aromatic rings. The summed E-state index contributed by atoms with van der Waals surface area (Å²) in [5.74, 6) is -1.58.